The first kappa shape index (κ1) is 15.1. The van der Waals surface area contributed by atoms with Crippen molar-refractivity contribution >= 4 is 17.4 Å². The van der Waals surface area contributed by atoms with Crippen molar-refractivity contribution in [3.8, 4) is 11.3 Å². The molecule has 0 saturated heterocycles. The first-order chi connectivity index (χ1) is 12.1. The lowest BCUT2D eigenvalue weighted by molar-refractivity contribution is 0.102. The molecule has 4 aromatic heterocycles. The van der Waals surface area contributed by atoms with E-state index in [0.29, 0.717) is 11.5 Å². The third-order valence-electron chi connectivity index (χ3n) is 4.14. The van der Waals surface area contributed by atoms with Gasteiger partial charge in [-0.2, -0.15) is 5.10 Å². The minimum atomic E-state index is -0.293. The van der Waals surface area contributed by atoms with Crippen molar-refractivity contribution in [2.24, 2.45) is 0 Å². The summed E-state index contributed by atoms with van der Waals surface area (Å²) in [6.07, 6.45) is 5.16. The zero-order valence-electron chi connectivity index (χ0n) is 13.8. The van der Waals surface area contributed by atoms with Crippen molar-refractivity contribution in [3.63, 3.8) is 0 Å². The average molecular weight is 332 g/mol. The summed E-state index contributed by atoms with van der Waals surface area (Å²) in [4.78, 5) is 20.9. The van der Waals surface area contributed by atoms with Crippen molar-refractivity contribution in [1.82, 2.24) is 24.6 Å². The van der Waals surface area contributed by atoms with E-state index in [1.54, 1.807) is 18.6 Å². The van der Waals surface area contributed by atoms with Crippen LogP contribution in [0, 0.1) is 13.8 Å². The van der Waals surface area contributed by atoms with Gasteiger partial charge < -0.3 is 9.72 Å². The highest BCUT2D eigenvalue weighted by atomic mass is 16.2. The summed E-state index contributed by atoms with van der Waals surface area (Å²) in [6.45, 7) is 3.87. The fourth-order valence-corrected chi connectivity index (χ4v) is 2.75. The molecular formula is C18H16N6O. The van der Waals surface area contributed by atoms with Gasteiger partial charge in [0.1, 0.15) is 11.3 Å². The first-order valence-electron chi connectivity index (χ1n) is 7.85. The van der Waals surface area contributed by atoms with Gasteiger partial charge in [-0.15, -0.1) is 0 Å². The number of hydrogen-bond donors (Lipinski definition) is 2. The highest BCUT2D eigenvalue weighted by molar-refractivity contribution is 6.03. The molecule has 0 aromatic carbocycles. The van der Waals surface area contributed by atoms with Crippen LogP contribution in [-0.2, 0) is 0 Å². The van der Waals surface area contributed by atoms with Gasteiger partial charge in [0.25, 0.3) is 5.91 Å². The molecular weight excluding hydrogens is 316 g/mol. The predicted octanol–water partition coefficient (Wildman–Crippen LogP) is 2.99. The van der Waals surface area contributed by atoms with E-state index in [4.69, 9.17) is 0 Å². The van der Waals surface area contributed by atoms with Crippen molar-refractivity contribution in [1.29, 1.82) is 0 Å². The molecule has 7 heteroatoms. The summed E-state index contributed by atoms with van der Waals surface area (Å²) < 4.78 is 1.88. The maximum absolute atomic E-state index is 12.5. The van der Waals surface area contributed by atoms with Crippen molar-refractivity contribution in [2.75, 3.05) is 5.32 Å². The Morgan fingerprint density at radius 1 is 1.16 bits per heavy atom. The third kappa shape index (κ3) is 2.65. The van der Waals surface area contributed by atoms with E-state index in [2.05, 4.69) is 25.5 Å². The lowest BCUT2D eigenvalue weighted by Gasteiger charge is -2.01. The largest absolute Gasteiger partial charge is 0.304 e. The van der Waals surface area contributed by atoms with Gasteiger partial charge in [0.15, 0.2) is 5.82 Å². The van der Waals surface area contributed by atoms with E-state index in [9.17, 15) is 4.79 Å². The summed E-state index contributed by atoms with van der Waals surface area (Å²) in [6, 6.07) is 9.52. The second-order valence-corrected chi connectivity index (χ2v) is 5.78. The molecule has 1 amide bonds. The van der Waals surface area contributed by atoms with E-state index in [-0.39, 0.29) is 5.91 Å². The van der Waals surface area contributed by atoms with Crippen LogP contribution in [0.4, 0.5) is 5.82 Å². The van der Waals surface area contributed by atoms with Crippen LogP contribution in [-0.4, -0.2) is 30.5 Å². The number of fused-ring (bicyclic) bond motifs is 1. The summed E-state index contributed by atoms with van der Waals surface area (Å²) >= 11 is 0. The first-order valence-corrected chi connectivity index (χ1v) is 7.85. The number of carbonyl (C=O) groups excluding carboxylic acids is 1. The van der Waals surface area contributed by atoms with Gasteiger partial charge in [-0.1, -0.05) is 6.07 Å². The quantitative estimate of drug-likeness (QED) is 0.604. The van der Waals surface area contributed by atoms with Gasteiger partial charge in [0.05, 0.1) is 5.69 Å². The van der Waals surface area contributed by atoms with Crippen molar-refractivity contribution < 1.29 is 4.79 Å². The van der Waals surface area contributed by atoms with Gasteiger partial charge in [0.2, 0.25) is 0 Å². The molecule has 4 rings (SSSR count). The second-order valence-electron chi connectivity index (χ2n) is 5.78. The van der Waals surface area contributed by atoms with E-state index in [0.717, 1.165) is 28.2 Å². The zero-order valence-corrected chi connectivity index (χ0v) is 13.8. The third-order valence-corrected chi connectivity index (χ3v) is 4.14. The lowest BCUT2D eigenvalue weighted by Crippen LogP contribution is -2.13. The summed E-state index contributed by atoms with van der Waals surface area (Å²) in [7, 11) is 0. The number of carbonyl (C=O) groups is 1. The number of nitrogens with zero attached hydrogens (tertiary/aromatic N) is 4. The molecule has 0 bridgehead atoms. The Hall–Kier alpha value is -3.48. The molecule has 4 aromatic rings. The number of hydrogen-bond acceptors (Lipinski definition) is 4. The molecule has 2 N–H and O–H groups in total. The number of aryl methyl sites for hydroxylation is 1. The Bertz CT molecular complexity index is 1060. The van der Waals surface area contributed by atoms with Crippen LogP contribution in [0.15, 0.2) is 48.9 Å². The number of rotatable bonds is 3. The van der Waals surface area contributed by atoms with E-state index in [1.165, 1.54) is 0 Å². The summed E-state index contributed by atoms with van der Waals surface area (Å²) in [5, 5.41) is 10.0. The Morgan fingerprint density at radius 3 is 2.72 bits per heavy atom. The summed E-state index contributed by atoms with van der Waals surface area (Å²) in [5.74, 6) is 0.199. The number of imidazole rings is 1. The van der Waals surface area contributed by atoms with Crippen molar-refractivity contribution in [2.45, 2.75) is 13.8 Å². The number of amides is 1. The van der Waals surface area contributed by atoms with Crippen LogP contribution in [0.2, 0.25) is 0 Å². The average Bonchev–Trinajstić information content (AvgIpc) is 3.21. The van der Waals surface area contributed by atoms with Gasteiger partial charge in [-0.05, 0) is 38.1 Å². The van der Waals surface area contributed by atoms with E-state index < -0.39 is 0 Å². The lowest BCUT2D eigenvalue weighted by atomic mass is 10.1. The predicted molar refractivity (Wildman–Crippen MR) is 94.4 cm³/mol. The standard InChI is InChI=1S/C18H16N6O/c1-11-4-3-5-15-20-14(10-24(11)15)18(25)21-17-12(2)16(22-23-17)13-6-8-19-9-7-13/h3-10H,1-2H3,(H2,21,22,23,25). The molecule has 0 aliphatic heterocycles. The van der Waals surface area contributed by atoms with Gasteiger partial charge >= 0.3 is 0 Å². The Balaban J connectivity index is 1.62. The molecule has 4 heterocycles. The highest BCUT2D eigenvalue weighted by Crippen LogP contribution is 2.25. The van der Waals surface area contributed by atoms with Crippen LogP contribution in [0.1, 0.15) is 21.7 Å². The van der Waals surface area contributed by atoms with Gasteiger partial charge in [0, 0.05) is 35.4 Å². The smallest absolute Gasteiger partial charge is 0.277 e. The van der Waals surface area contributed by atoms with E-state index >= 15 is 0 Å². The molecule has 0 saturated carbocycles. The van der Waals surface area contributed by atoms with Gasteiger partial charge in [-0.3, -0.25) is 14.9 Å². The molecule has 0 atom stereocenters. The number of aromatic nitrogens is 5. The Labute approximate surface area is 143 Å². The molecule has 7 nitrogen and oxygen atoms in total. The normalized spacial score (nSPS) is 11.0. The second kappa shape index (κ2) is 5.86. The van der Waals surface area contributed by atoms with Gasteiger partial charge in [-0.25, -0.2) is 4.98 Å². The Kier molecular flexibility index (Phi) is 3.53. The molecule has 25 heavy (non-hydrogen) atoms. The van der Waals surface area contributed by atoms with Crippen LogP contribution >= 0.6 is 0 Å². The molecule has 0 spiro atoms. The van der Waals surface area contributed by atoms with Crippen LogP contribution < -0.4 is 5.32 Å². The molecule has 0 fully saturated rings. The number of pyridine rings is 2. The zero-order chi connectivity index (χ0) is 17.4. The molecule has 124 valence electrons. The topological polar surface area (TPSA) is 88.0 Å². The fourth-order valence-electron chi connectivity index (χ4n) is 2.75. The maximum Gasteiger partial charge on any atom is 0.277 e. The highest BCUT2D eigenvalue weighted by Gasteiger charge is 2.16. The number of H-pyrrole nitrogens is 1. The fraction of sp³-hybridized carbons (Fsp3) is 0.111. The Morgan fingerprint density at radius 2 is 1.96 bits per heavy atom. The summed E-state index contributed by atoms with van der Waals surface area (Å²) in [5.41, 5.74) is 4.77. The monoisotopic (exact) mass is 332 g/mol. The minimum Gasteiger partial charge on any atom is -0.304 e. The SMILES string of the molecule is Cc1c(NC(=O)c2cn3c(C)cccc3n2)n[nH]c1-c1ccncc1. The van der Waals surface area contributed by atoms with Crippen molar-refractivity contribution in [3.05, 3.63) is 65.9 Å². The number of aromatic amines is 1. The van der Waals surface area contributed by atoms with Crippen LogP contribution in [0.25, 0.3) is 16.9 Å². The number of anilines is 1. The molecule has 0 radical (unpaired) electrons. The minimum absolute atomic E-state index is 0.293. The number of nitrogens with one attached hydrogen (secondary N) is 2. The van der Waals surface area contributed by atoms with Crippen LogP contribution in [0.3, 0.4) is 0 Å². The molecule has 0 aliphatic carbocycles. The molecule has 0 unspecified atom stereocenters. The van der Waals surface area contributed by atoms with E-state index in [1.807, 2.05) is 48.6 Å². The maximum atomic E-state index is 12.5. The van der Waals surface area contributed by atoms with Crippen LogP contribution in [0.5, 0.6) is 0 Å². The molecule has 0 aliphatic rings.